The second kappa shape index (κ2) is 10.2. The molecule has 0 heterocycles. The zero-order valence-corrected chi connectivity index (χ0v) is 17.4. The Morgan fingerprint density at radius 2 is 1.96 bits per heavy atom. The van der Waals surface area contributed by atoms with Crippen LogP contribution in [-0.4, -0.2) is 23.2 Å². The van der Waals surface area contributed by atoms with Crippen molar-refractivity contribution in [2.24, 2.45) is 0 Å². The SMILES string of the molecule is [CH]Oc1ccc(SCC(=C)COc2ccc(C(C)=O)c(O)c2CCC)cc1C. The molecule has 0 aliphatic heterocycles. The summed E-state index contributed by atoms with van der Waals surface area (Å²) in [7, 11) is 5.21. The van der Waals surface area contributed by atoms with Crippen LogP contribution in [0.2, 0.25) is 0 Å². The number of ketones is 1. The summed E-state index contributed by atoms with van der Waals surface area (Å²) in [4.78, 5) is 12.7. The summed E-state index contributed by atoms with van der Waals surface area (Å²) in [5.74, 6) is 1.80. The average Bonchev–Trinajstić information content (AvgIpc) is 2.66. The Morgan fingerprint density at radius 3 is 2.57 bits per heavy atom. The van der Waals surface area contributed by atoms with Gasteiger partial charge in [0, 0.05) is 16.2 Å². The second-order valence-corrected chi connectivity index (χ2v) is 7.67. The van der Waals surface area contributed by atoms with Crippen molar-refractivity contribution in [2.45, 2.75) is 38.5 Å². The Morgan fingerprint density at radius 1 is 1.25 bits per heavy atom. The van der Waals surface area contributed by atoms with Gasteiger partial charge in [-0.15, -0.1) is 11.8 Å². The topological polar surface area (TPSA) is 55.8 Å². The summed E-state index contributed by atoms with van der Waals surface area (Å²) in [6, 6.07) is 9.16. The highest BCUT2D eigenvalue weighted by atomic mass is 32.2. The molecule has 0 unspecified atom stereocenters. The molecule has 0 atom stereocenters. The fourth-order valence-corrected chi connectivity index (χ4v) is 3.66. The zero-order valence-electron chi connectivity index (χ0n) is 16.6. The molecular formula is C23H26O4S. The molecule has 0 saturated carbocycles. The molecule has 2 rings (SSSR count). The van der Waals surface area contributed by atoms with Gasteiger partial charge in [-0.3, -0.25) is 4.79 Å². The summed E-state index contributed by atoms with van der Waals surface area (Å²) in [6.45, 7) is 9.82. The lowest BCUT2D eigenvalue weighted by Gasteiger charge is -2.15. The third kappa shape index (κ3) is 5.55. The lowest BCUT2D eigenvalue weighted by atomic mass is 10.0. The first-order valence-corrected chi connectivity index (χ1v) is 10.1. The van der Waals surface area contributed by atoms with Crippen molar-refractivity contribution in [3.8, 4) is 17.2 Å². The van der Waals surface area contributed by atoms with Crippen LogP contribution in [0.5, 0.6) is 17.2 Å². The van der Waals surface area contributed by atoms with Crippen molar-refractivity contribution in [3.05, 3.63) is 66.3 Å². The van der Waals surface area contributed by atoms with E-state index in [2.05, 4.69) is 6.58 Å². The van der Waals surface area contributed by atoms with Gasteiger partial charge in [0.25, 0.3) is 0 Å². The molecule has 0 amide bonds. The van der Waals surface area contributed by atoms with Crippen LogP contribution in [-0.2, 0) is 6.42 Å². The van der Waals surface area contributed by atoms with Crippen molar-refractivity contribution >= 4 is 17.5 Å². The monoisotopic (exact) mass is 398 g/mol. The van der Waals surface area contributed by atoms with Gasteiger partial charge in [0.15, 0.2) is 12.9 Å². The van der Waals surface area contributed by atoms with Crippen LogP contribution in [0.3, 0.4) is 0 Å². The largest absolute Gasteiger partial charge is 0.507 e. The van der Waals surface area contributed by atoms with Crippen LogP contribution in [0.1, 0.15) is 41.8 Å². The maximum Gasteiger partial charge on any atom is 0.180 e. The number of hydrogen-bond donors (Lipinski definition) is 1. The number of hydrogen-bond acceptors (Lipinski definition) is 5. The molecule has 0 aromatic heterocycles. The van der Waals surface area contributed by atoms with Gasteiger partial charge in [0.05, 0.1) is 5.56 Å². The molecule has 5 heteroatoms. The molecule has 28 heavy (non-hydrogen) atoms. The minimum Gasteiger partial charge on any atom is -0.507 e. The minimum absolute atomic E-state index is 0.0181. The summed E-state index contributed by atoms with van der Waals surface area (Å²) >= 11 is 1.65. The lowest BCUT2D eigenvalue weighted by molar-refractivity contribution is 0.101. The molecular weight excluding hydrogens is 372 g/mol. The highest BCUT2D eigenvalue weighted by molar-refractivity contribution is 7.99. The number of Topliss-reactive ketones (excluding diaryl/α,β-unsaturated/α-hetero) is 1. The van der Waals surface area contributed by atoms with E-state index in [1.807, 2.05) is 32.0 Å². The summed E-state index contributed by atoms with van der Waals surface area (Å²) < 4.78 is 10.7. The van der Waals surface area contributed by atoms with E-state index in [9.17, 15) is 9.90 Å². The standard InChI is InChI=1S/C23H26O4S/c1-6-7-20-22(11-9-19(17(4)24)23(20)25)27-13-15(2)14-28-18-8-10-21(26-5)16(3)12-18/h5,8-12,25H,2,6-7,13-14H2,1,3-4H3. The van der Waals surface area contributed by atoms with Crippen molar-refractivity contribution in [1.29, 1.82) is 0 Å². The Labute approximate surface area is 171 Å². The zero-order chi connectivity index (χ0) is 20.7. The van der Waals surface area contributed by atoms with Crippen molar-refractivity contribution in [2.75, 3.05) is 12.4 Å². The van der Waals surface area contributed by atoms with Crippen LogP contribution in [0, 0.1) is 14.0 Å². The highest BCUT2D eigenvalue weighted by Gasteiger charge is 2.16. The van der Waals surface area contributed by atoms with Gasteiger partial charge in [-0.2, -0.15) is 0 Å². The summed E-state index contributed by atoms with van der Waals surface area (Å²) in [6.07, 6.45) is 1.47. The van der Waals surface area contributed by atoms with E-state index in [1.165, 1.54) is 6.92 Å². The first-order chi connectivity index (χ1) is 13.4. The molecule has 0 bridgehead atoms. The molecule has 0 aliphatic rings. The summed E-state index contributed by atoms with van der Waals surface area (Å²) in [5, 5.41) is 10.4. The van der Waals surface area contributed by atoms with E-state index in [4.69, 9.17) is 16.6 Å². The molecule has 2 aromatic rings. The maximum absolute atomic E-state index is 11.7. The number of carbonyl (C=O) groups is 1. The number of benzene rings is 2. The van der Waals surface area contributed by atoms with Crippen molar-refractivity contribution < 1.29 is 19.4 Å². The number of aryl methyl sites for hydroxylation is 1. The van der Waals surface area contributed by atoms with E-state index in [0.29, 0.717) is 41.4 Å². The van der Waals surface area contributed by atoms with E-state index >= 15 is 0 Å². The Bertz CT molecular complexity index is 858. The van der Waals surface area contributed by atoms with E-state index in [1.54, 1.807) is 23.9 Å². The number of phenolic OH excluding ortho intramolecular Hbond substituents is 1. The van der Waals surface area contributed by atoms with Gasteiger partial charge in [0.2, 0.25) is 0 Å². The fourth-order valence-electron chi connectivity index (χ4n) is 2.78. The molecule has 148 valence electrons. The smallest absolute Gasteiger partial charge is 0.180 e. The molecule has 0 saturated heterocycles. The van der Waals surface area contributed by atoms with Gasteiger partial charge < -0.3 is 14.6 Å². The predicted molar refractivity (Wildman–Crippen MR) is 114 cm³/mol. The highest BCUT2D eigenvalue weighted by Crippen LogP contribution is 2.33. The Hall–Kier alpha value is -2.40. The number of ether oxygens (including phenoxy) is 2. The quantitative estimate of drug-likeness (QED) is 0.319. The predicted octanol–water partition coefficient (Wildman–Crippen LogP) is 5.63. The van der Waals surface area contributed by atoms with Crippen LogP contribution in [0.25, 0.3) is 0 Å². The van der Waals surface area contributed by atoms with Gasteiger partial charge in [-0.25, -0.2) is 0 Å². The van der Waals surface area contributed by atoms with E-state index in [-0.39, 0.29) is 11.5 Å². The minimum atomic E-state index is -0.163. The lowest BCUT2D eigenvalue weighted by Crippen LogP contribution is -2.06. The fraction of sp³-hybridized carbons (Fsp3) is 0.304. The molecule has 0 spiro atoms. The number of rotatable bonds is 10. The number of thioether (sulfide) groups is 1. The van der Waals surface area contributed by atoms with Crippen LogP contribution < -0.4 is 9.47 Å². The summed E-state index contributed by atoms with van der Waals surface area (Å²) in [5.41, 5.74) is 2.88. The molecule has 0 fully saturated rings. The maximum atomic E-state index is 11.7. The Kier molecular flexibility index (Phi) is 8.00. The van der Waals surface area contributed by atoms with Crippen molar-refractivity contribution in [3.63, 3.8) is 0 Å². The van der Waals surface area contributed by atoms with Gasteiger partial charge in [0.1, 0.15) is 23.9 Å². The molecule has 2 aromatic carbocycles. The van der Waals surface area contributed by atoms with Gasteiger partial charge >= 0.3 is 0 Å². The van der Waals surface area contributed by atoms with Gasteiger partial charge in [-0.1, -0.05) is 19.9 Å². The average molecular weight is 399 g/mol. The van der Waals surface area contributed by atoms with Crippen LogP contribution in [0.4, 0.5) is 0 Å². The number of aromatic hydroxyl groups is 1. The second-order valence-electron chi connectivity index (χ2n) is 6.62. The third-order valence-corrected chi connectivity index (χ3v) is 5.41. The third-order valence-electron chi connectivity index (χ3n) is 4.27. The Balaban J connectivity index is 1.99. The molecule has 4 nitrogen and oxygen atoms in total. The normalized spacial score (nSPS) is 10.6. The van der Waals surface area contributed by atoms with E-state index in [0.717, 1.165) is 22.5 Å². The van der Waals surface area contributed by atoms with Crippen molar-refractivity contribution in [1.82, 2.24) is 0 Å². The number of carbonyl (C=O) groups excluding carboxylic acids is 1. The van der Waals surface area contributed by atoms with E-state index < -0.39 is 0 Å². The number of phenols is 1. The first kappa shape index (κ1) is 21.9. The molecule has 1 N–H and O–H groups in total. The van der Waals surface area contributed by atoms with Crippen LogP contribution in [0.15, 0.2) is 47.4 Å². The molecule has 2 radical (unpaired) electrons. The molecule has 0 aliphatic carbocycles. The van der Waals surface area contributed by atoms with Crippen LogP contribution >= 0.6 is 11.8 Å². The first-order valence-electron chi connectivity index (χ1n) is 9.12. The van der Waals surface area contributed by atoms with Gasteiger partial charge in [-0.05, 0) is 61.7 Å².